The van der Waals surface area contributed by atoms with Gasteiger partial charge in [-0.3, -0.25) is 9.59 Å². The number of carbonyl (C=O) groups is 3. The van der Waals surface area contributed by atoms with E-state index in [9.17, 15) is 19.5 Å². The first-order chi connectivity index (χ1) is 7.99. The van der Waals surface area contributed by atoms with Gasteiger partial charge in [-0.1, -0.05) is 12.1 Å². The van der Waals surface area contributed by atoms with Gasteiger partial charge in [-0.2, -0.15) is 0 Å². The summed E-state index contributed by atoms with van der Waals surface area (Å²) in [6, 6.07) is 6.36. The highest BCUT2D eigenvalue weighted by Gasteiger charge is 2.06. The minimum Gasteiger partial charge on any atom is -0.550 e. The van der Waals surface area contributed by atoms with Crippen LogP contribution in [0.4, 0.5) is 5.69 Å². The second-order valence-electron chi connectivity index (χ2n) is 3.56. The van der Waals surface area contributed by atoms with Crippen LogP contribution in [0.25, 0.3) is 0 Å². The number of anilines is 1. The zero-order valence-electron chi connectivity index (χ0n) is 9.36. The van der Waals surface area contributed by atoms with Gasteiger partial charge < -0.3 is 15.2 Å². The maximum absolute atomic E-state index is 11.6. The third-order valence-corrected chi connectivity index (χ3v) is 2.06. The van der Waals surface area contributed by atoms with Crippen LogP contribution in [0.3, 0.4) is 0 Å². The lowest BCUT2D eigenvalue weighted by molar-refractivity contribution is -0.305. The van der Waals surface area contributed by atoms with E-state index in [1.165, 1.54) is 13.0 Å². The predicted molar refractivity (Wildman–Crippen MR) is 59.3 cm³/mol. The third-order valence-electron chi connectivity index (χ3n) is 2.06. The second-order valence-corrected chi connectivity index (χ2v) is 3.56. The van der Waals surface area contributed by atoms with E-state index in [0.29, 0.717) is 11.3 Å². The summed E-state index contributed by atoms with van der Waals surface area (Å²) >= 11 is 0. The Bertz CT molecular complexity index is 454. The fourth-order valence-electron chi connectivity index (χ4n) is 1.33. The molecule has 0 heterocycles. The van der Waals surface area contributed by atoms with Crippen molar-refractivity contribution in [2.45, 2.75) is 19.8 Å². The molecule has 0 spiro atoms. The molecule has 0 unspecified atom stereocenters. The van der Waals surface area contributed by atoms with Crippen molar-refractivity contribution in [3.63, 3.8) is 0 Å². The Morgan fingerprint density at radius 2 is 1.94 bits per heavy atom. The molecule has 5 heteroatoms. The summed E-state index contributed by atoms with van der Waals surface area (Å²) in [6.45, 7) is 1.37. The Labute approximate surface area is 98.4 Å². The molecule has 0 saturated heterocycles. The lowest BCUT2D eigenvalue weighted by atomic mass is 10.1. The van der Waals surface area contributed by atoms with Gasteiger partial charge in [-0.05, 0) is 18.6 Å². The van der Waals surface area contributed by atoms with Crippen LogP contribution >= 0.6 is 0 Å². The van der Waals surface area contributed by atoms with E-state index in [1.807, 2.05) is 0 Å². The van der Waals surface area contributed by atoms with Crippen molar-refractivity contribution in [1.82, 2.24) is 0 Å². The van der Waals surface area contributed by atoms with Crippen LogP contribution in [0.5, 0.6) is 0 Å². The first kappa shape index (κ1) is 12.9. The Balaban J connectivity index is 2.73. The van der Waals surface area contributed by atoms with Gasteiger partial charge in [0.05, 0.1) is 0 Å². The number of benzene rings is 1. The molecular weight excluding hydrogens is 222 g/mol. The maximum Gasteiger partial charge on any atom is 0.221 e. The highest BCUT2D eigenvalue weighted by molar-refractivity contribution is 5.99. The van der Waals surface area contributed by atoms with Crippen molar-refractivity contribution < 1.29 is 19.5 Å². The van der Waals surface area contributed by atoms with Crippen molar-refractivity contribution in [1.29, 1.82) is 0 Å². The highest BCUT2D eigenvalue weighted by Crippen LogP contribution is 2.13. The number of carbonyl (C=O) groups excluding carboxylic acids is 3. The van der Waals surface area contributed by atoms with Crippen molar-refractivity contribution in [3.05, 3.63) is 29.8 Å². The van der Waals surface area contributed by atoms with Gasteiger partial charge in [0.1, 0.15) is 0 Å². The van der Waals surface area contributed by atoms with Gasteiger partial charge in [0.25, 0.3) is 0 Å². The molecular formula is C12H12NO4-. The Morgan fingerprint density at radius 3 is 2.53 bits per heavy atom. The van der Waals surface area contributed by atoms with Crippen LogP contribution in [-0.2, 0) is 9.59 Å². The van der Waals surface area contributed by atoms with Crippen LogP contribution < -0.4 is 10.4 Å². The Kier molecular flexibility index (Phi) is 4.39. The summed E-state index contributed by atoms with van der Waals surface area (Å²) in [5.41, 5.74) is 0.884. The predicted octanol–water partition coefficient (Wildman–Crippen LogP) is 0.358. The second kappa shape index (κ2) is 5.79. The molecule has 0 aliphatic carbocycles. The third kappa shape index (κ3) is 4.46. The van der Waals surface area contributed by atoms with Crippen LogP contribution in [0, 0.1) is 0 Å². The lowest BCUT2D eigenvalue weighted by Gasteiger charge is -2.05. The molecule has 0 atom stereocenters. The number of amides is 1. The number of Topliss-reactive ketones (excluding diaryl/α,β-unsaturated/α-hetero) is 1. The normalized spacial score (nSPS) is 9.71. The van der Waals surface area contributed by atoms with E-state index < -0.39 is 5.97 Å². The Hall–Kier alpha value is -2.17. The van der Waals surface area contributed by atoms with Crippen LogP contribution in [0.15, 0.2) is 24.3 Å². The average Bonchev–Trinajstić information content (AvgIpc) is 2.25. The summed E-state index contributed by atoms with van der Waals surface area (Å²) in [7, 11) is 0. The molecule has 0 radical (unpaired) electrons. The number of carboxylic acids is 1. The largest absolute Gasteiger partial charge is 0.550 e. The topological polar surface area (TPSA) is 86.3 Å². The van der Waals surface area contributed by atoms with E-state index in [0.717, 1.165) is 0 Å². The SMILES string of the molecule is CC(=O)Nc1cccc(C(=O)CCC(=O)[O-])c1. The molecule has 0 aliphatic heterocycles. The number of carboxylic acid groups (broad SMARTS) is 1. The van der Waals surface area contributed by atoms with Gasteiger partial charge in [0.2, 0.25) is 5.91 Å². The molecule has 0 aromatic heterocycles. The number of hydrogen-bond donors (Lipinski definition) is 1. The maximum atomic E-state index is 11.6. The van der Waals surface area contributed by atoms with Gasteiger partial charge in [-0.15, -0.1) is 0 Å². The van der Waals surface area contributed by atoms with Gasteiger partial charge >= 0.3 is 0 Å². The molecule has 0 saturated carbocycles. The van der Waals surface area contributed by atoms with Crippen molar-refractivity contribution >= 4 is 23.3 Å². The summed E-state index contributed by atoms with van der Waals surface area (Å²) in [4.78, 5) is 32.6. The van der Waals surface area contributed by atoms with E-state index in [1.54, 1.807) is 18.2 Å². The molecule has 1 aromatic rings. The number of rotatable bonds is 5. The minimum absolute atomic E-state index is 0.105. The molecule has 90 valence electrons. The first-order valence-electron chi connectivity index (χ1n) is 5.09. The zero-order valence-corrected chi connectivity index (χ0v) is 9.36. The number of ketones is 1. The molecule has 1 rings (SSSR count). The fraction of sp³-hybridized carbons (Fsp3) is 0.250. The molecule has 0 bridgehead atoms. The van der Waals surface area contributed by atoms with Gasteiger partial charge in [0, 0.05) is 30.6 Å². The van der Waals surface area contributed by atoms with Gasteiger partial charge in [0.15, 0.2) is 5.78 Å². The van der Waals surface area contributed by atoms with E-state index in [-0.39, 0.29) is 24.5 Å². The lowest BCUT2D eigenvalue weighted by Crippen LogP contribution is -2.22. The number of nitrogens with one attached hydrogen (secondary N) is 1. The smallest absolute Gasteiger partial charge is 0.221 e. The quantitative estimate of drug-likeness (QED) is 0.745. The van der Waals surface area contributed by atoms with E-state index >= 15 is 0 Å². The molecule has 1 aromatic carbocycles. The zero-order chi connectivity index (χ0) is 12.8. The Morgan fingerprint density at radius 1 is 1.24 bits per heavy atom. The molecule has 5 nitrogen and oxygen atoms in total. The number of hydrogen-bond acceptors (Lipinski definition) is 4. The van der Waals surface area contributed by atoms with Crippen molar-refractivity contribution in [3.8, 4) is 0 Å². The van der Waals surface area contributed by atoms with E-state index in [2.05, 4.69) is 5.32 Å². The fourth-order valence-corrected chi connectivity index (χ4v) is 1.33. The van der Waals surface area contributed by atoms with Gasteiger partial charge in [-0.25, -0.2) is 0 Å². The monoisotopic (exact) mass is 234 g/mol. The summed E-state index contributed by atoms with van der Waals surface area (Å²) in [6.07, 6.45) is -0.408. The van der Waals surface area contributed by atoms with E-state index in [4.69, 9.17) is 0 Å². The van der Waals surface area contributed by atoms with Crippen molar-refractivity contribution in [2.75, 3.05) is 5.32 Å². The number of aliphatic carboxylic acids is 1. The molecule has 1 amide bonds. The highest BCUT2D eigenvalue weighted by atomic mass is 16.4. The summed E-state index contributed by atoms with van der Waals surface area (Å²) in [5, 5.41) is 12.8. The minimum atomic E-state index is -1.25. The summed E-state index contributed by atoms with van der Waals surface area (Å²) < 4.78 is 0. The van der Waals surface area contributed by atoms with Crippen LogP contribution in [0.1, 0.15) is 30.1 Å². The molecule has 0 aliphatic rings. The molecule has 0 fully saturated rings. The van der Waals surface area contributed by atoms with Crippen LogP contribution in [0.2, 0.25) is 0 Å². The average molecular weight is 234 g/mol. The van der Waals surface area contributed by atoms with Crippen LogP contribution in [-0.4, -0.2) is 17.7 Å². The summed E-state index contributed by atoms with van der Waals surface area (Å²) in [5.74, 6) is -1.78. The molecule has 1 N–H and O–H groups in total. The van der Waals surface area contributed by atoms with Crippen molar-refractivity contribution in [2.24, 2.45) is 0 Å². The molecule has 17 heavy (non-hydrogen) atoms. The standard InChI is InChI=1S/C12H13NO4/c1-8(14)13-10-4-2-3-9(7-10)11(15)5-6-12(16)17/h2-4,7H,5-6H2,1H3,(H,13,14)(H,16,17)/p-1. The first-order valence-corrected chi connectivity index (χ1v) is 5.09.